The summed E-state index contributed by atoms with van der Waals surface area (Å²) in [4.78, 5) is 14.5. The van der Waals surface area contributed by atoms with Crippen LogP contribution in [0, 0.1) is 0 Å². The third-order valence-electron chi connectivity index (χ3n) is 5.12. The van der Waals surface area contributed by atoms with Crippen LogP contribution in [0.2, 0.25) is 0 Å². The fourth-order valence-corrected chi connectivity index (χ4v) is 3.42. The van der Waals surface area contributed by atoms with Crippen molar-refractivity contribution in [2.75, 3.05) is 26.8 Å². The van der Waals surface area contributed by atoms with Crippen molar-refractivity contribution in [2.45, 2.75) is 32.7 Å². The number of carbonyl (C=O) groups is 1. The number of hydrogen-bond donors (Lipinski definition) is 2. The molecule has 2 N–H and O–H groups in total. The van der Waals surface area contributed by atoms with Crippen LogP contribution in [0.3, 0.4) is 0 Å². The molecule has 0 spiro atoms. The maximum absolute atomic E-state index is 12.1. The summed E-state index contributed by atoms with van der Waals surface area (Å²) in [5.41, 5.74) is 4.89. The lowest BCUT2D eigenvalue weighted by atomic mass is 10.0. The van der Waals surface area contributed by atoms with Gasteiger partial charge in [0.1, 0.15) is 5.75 Å². The Balaban J connectivity index is 1.57. The number of phenolic OH excluding ortho intramolecular Hbond substituents is 1. The molecule has 0 radical (unpaired) electrons. The molecule has 30 heavy (non-hydrogen) atoms. The van der Waals surface area contributed by atoms with E-state index in [1.54, 1.807) is 31.4 Å². The minimum atomic E-state index is -0.368. The molecule has 3 rings (SSSR count). The Kier molecular flexibility index (Phi) is 7.68. The van der Waals surface area contributed by atoms with E-state index in [4.69, 9.17) is 9.47 Å². The Morgan fingerprint density at radius 3 is 2.60 bits per heavy atom. The monoisotopic (exact) mass is 411 g/mol. The van der Waals surface area contributed by atoms with Crippen LogP contribution in [-0.4, -0.2) is 48.4 Å². The van der Waals surface area contributed by atoms with Crippen LogP contribution in [0.4, 0.5) is 0 Å². The summed E-state index contributed by atoms with van der Waals surface area (Å²) < 4.78 is 10.7. The van der Waals surface area contributed by atoms with Gasteiger partial charge in [-0.05, 0) is 68.8 Å². The Bertz CT molecular complexity index is 892. The topological polar surface area (TPSA) is 83.4 Å². The molecule has 0 atom stereocenters. The van der Waals surface area contributed by atoms with Gasteiger partial charge < -0.3 is 14.6 Å². The van der Waals surface area contributed by atoms with Crippen molar-refractivity contribution in [1.82, 2.24) is 10.3 Å². The second-order valence-electron chi connectivity index (χ2n) is 7.35. The molecule has 1 saturated heterocycles. The van der Waals surface area contributed by atoms with E-state index in [1.165, 1.54) is 19.3 Å². The van der Waals surface area contributed by atoms with Gasteiger partial charge in [-0.2, -0.15) is 5.10 Å². The number of ether oxygens (including phenoxy) is 2. The van der Waals surface area contributed by atoms with Gasteiger partial charge in [-0.15, -0.1) is 0 Å². The summed E-state index contributed by atoms with van der Waals surface area (Å²) in [5, 5.41) is 14.4. The molecule has 2 aromatic carbocycles. The molecule has 0 aliphatic carbocycles. The molecule has 0 saturated carbocycles. The fourth-order valence-electron chi connectivity index (χ4n) is 3.42. The molecule has 160 valence electrons. The van der Waals surface area contributed by atoms with E-state index in [-0.39, 0.29) is 18.3 Å². The van der Waals surface area contributed by atoms with E-state index < -0.39 is 0 Å². The van der Waals surface area contributed by atoms with Crippen molar-refractivity contribution in [3.8, 4) is 17.2 Å². The average molecular weight is 412 g/mol. The summed E-state index contributed by atoms with van der Waals surface area (Å²) >= 11 is 0. The second-order valence-corrected chi connectivity index (χ2v) is 7.35. The Morgan fingerprint density at radius 2 is 1.87 bits per heavy atom. The highest BCUT2D eigenvalue weighted by molar-refractivity contribution is 5.99. The maximum Gasteiger partial charge on any atom is 0.277 e. The van der Waals surface area contributed by atoms with Gasteiger partial charge in [0.15, 0.2) is 18.1 Å². The maximum atomic E-state index is 12.1. The highest BCUT2D eigenvalue weighted by atomic mass is 16.5. The van der Waals surface area contributed by atoms with E-state index in [0.29, 0.717) is 23.8 Å². The largest absolute Gasteiger partial charge is 0.508 e. The van der Waals surface area contributed by atoms with Crippen molar-refractivity contribution in [3.05, 3.63) is 53.6 Å². The van der Waals surface area contributed by atoms with E-state index in [0.717, 1.165) is 24.2 Å². The molecule has 1 heterocycles. The molecule has 0 aromatic heterocycles. The van der Waals surface area contributed by atoms with Gasteiger partial charge in [0.05, 0.1) is 12.8 Å². The van der Waals surface area contributed by atoms with Crippen molar-refractivity contribution >= 4 is 11.6 Å². The zero-order valence-electron chi connectivity index (χ0n) is 17.6. The standard InChI is InChI=1S/C23H29N3O4/c1-17(24-25-23(28)16-30-22-9-5-4-8-21(22)29-2)18-10-11-20(27)19(14-18)15-26-12-6-3-7-13-26/h4-5,8-11,14,27H,3,6-7,12-13,15-16H2,1-2H3,(H,25,28)/b24-17+. The zero-order valence-corrected chi connectivity index (χ0v) is 17.6. The normalized spacial score (nSPS) is 14.9. The summed E-state index contributed by atoms with van der Waals surface area (Å²) in [6.07, 6.45) is 3.67. The number of nitrogens with zero attached hydrogens (tertiary/aromatic N) is 2. The number of phenols is 1. The SMILES string of the molecule is COc1ccccc1OCC(=O)N/N=C(\C)c1ccc(O)c(CN2CCCCC2)c1. The number of likely N-dealkylation sites (tertiary alicyclic amines) is 1. The Hall–Kier alpha value is -3.06. The molecule has 7 nitrogen and oxygen atoms in total. The number of nitrogens with one attached hydrogen (secondary N) is 1. The van der Waals surface area contributed by atoms with Gasteiger partial charge >= 0.3 is 0 Å². The molecule has 7 heteroatoms. The molecular formula is C23H29N3O4. The quantitative estimate of drug-likeness (QED) is 0.514. The van der Waals surface area contributed by atoms with Crippen LogP contribution >= 0.6 is 0 Å². The predicted molar refractivity (Wildman–Crippen MR) is 116 cm³/mol. The third kappa shape index (κ3) is 5.97. The van der Waals surface area contributed by atoms with Crippen molar-refractivity contribution in [1.29, 1.82) is 0 Å². The number of rotatable bonds is 8. The first-order chi connectivity index (χ1) is 14.6. The number of benzene rings is 2. The summed E-state index contributed by atoms with van der Waals surface area (Å²) in [6.45, 7) is 4.47. The first-order valence-electron chi connectivity index (χ1n) is 10.2. The Labute approximate surface area is 177 Å². The number of carbonyl (C=O) groups excluding carboxylic acids is 1. The van der Waals surface area contributed by atoms with Gasteiger partial charge in [-0.3, -0.25) is 9.69 Å². The van der Waals surface area contributed by atoms with Gasteiger partial charge in [0, 0.05) is 12.1 Å². The molecule has 1 aliphatic heterocycles. The van der Waals surface area contributed by atoms with Crippen molar-refractivity contribution < 1.29 is 19.4 Å². The van der Waals surface area contributed by atoms with Gasteiger partial charge in [-0.25, -0.2) is 5.43 Å². The highest BCUT2D eigenvalue weighted by Crippen LogP contribution is 2.25. The number of amides is 1. The molecule has 2 aromatic rings. The Morgan fingerprint density at radius 1 is 1.13 bits per heavy atom. The first kappa shape index (κ1) is 21.6. The number of methoxy groups -OCH3 is 1. The molecule has 1 fully saturated rings. The average Bonchev–Trinajstić information content (AvgIpc) is 2.78. The molecule has 0 bridgehead atoms. The van der Waals surface area contributed by atoms with E-state index in [1.807, 2.05) is 25.1 Å². The molecule has 0 unspecified atom stereocenters. The predicted octanol–water partition coefficient (Wildman–Crippen LogP) is 3.31. The second kappa shape index (κ2) is 10.6. The van der Waals surface area contributed by atoms with Gasteiger partial charge in [-0.1, -0.05) is 18.6 Å². The van der Waals surface area contributed by atoms with Crippen LogP contribution in [0.15, 0.2) is 47.6 Å². The van der Waals surface area contributed by atoms with Crippen LogP contribution in [0.25, 0.3) is 0 Å². The van der Waals surface area contributed by atoms with Crippen LogP contribution < -0.4 is 14.9 Å². The van der Waals surface area contributed by atoms with E-state index >= 15 is 0 Å². The number of hydrogen-bond acceptors (Lipinski definition) is 6. The third-order valence-corrected chi connectivity index (χ3v) is 5.12. The molecule has 1 aliphatic rings. The molecular weight excluding hydrogens is 382 g/mol. The lowest BCUT2D eigenvalue weighted by Crippen LogP contribution is -2.29. The van der Waals surface area contributed by atoms with E-state index in [2.05, 4.69) is 15.4 Å². The number of hydrazone groups is 1. The van der Waals surface area contributed by atoms with Crippen LogP contribution in [0.5, 0.6) is 17.2 Å². The van der Waals surface area contributed by atoms with Crippen LogP contribution in [0.1, 0.15) is 37.3 Å². The summed E-state index contributed by atoms with van der Waals surface area (Å²) in [7, 11) is 1.55. The highest BCUT2D eigenvalue weighted by Gasteiger charge is 2.14. The van der Waals surface area contributed by atoms with Gasteiger partial charge in [0.2, 0.25) is 0 Å². The smallest absolute Gasteiger partial charge is 0.277 e. The number of piperidine rings is 1. The lowest BCUT2D eigenvalue weighted by molar-refractivity contribution is -0.123. The number of para-hydroxylation sites is 2. The van der Waals surface area contributed by atoms with Crippen molar-refractivity contribution in [3.63, 3.8) is 0 Å². The summed E-state index contributed by atoms with van der Waals surface area (Å²) in [6, 6.07) is 12.6. The zero-order chi connectivity index (χ0) is 21.3. The first-order valence-corrected chi connectivity index (χ1v) is 10.2. The number of aromatic hydroxyl groups is 1. The minimum Gasteiger partial charge on any atom is -0.508 e. The van der Waals surface area contributed by atoms with Gasteiger partial charge in [0.25, 0.3) is 5.91 Å². The molecule has 1 amide bonds. The van der Waals surface area contributed by atoms with Crippen molar-refractivity contribution in [2.24, 2.45) is 5.10 Å². The van der Waals surface area contributed by atoms with Crippen LogP contribution in [-0.2, 0) is 11.3 Å². The van der Waals surface area contributed by atoms with E-state index in [9.17, 15) is 9.90 Å². The fraction of sp³-hybridized carbons (Fsp3) is 0.391. The summed E-state index contributed by atoms with van der Waals surface area (Å²) in [5.74, 6) is 0.978. The minimum absolute atomic E-state index is 0.174. The lowest BCUT2D eigenvalue weighted by Gasteiger charge is -2.26.